The number of aromatic nitrogens is 3. The summed E-state index contributed by atoms with van der Waals surface area (Å²) in [6.45, 7) is 11.0. The predicted octanol–water partition coefficient (Wildman–Crippen LogP) is 2.80. The first-order valence-corrected chi connectivity index (χ1v) is 11.9. The highest BCUT2D eigenvalue weighted by Crippen LogP contribution is 2.31. The molecule has 4 rings (SSSR count). The monoisotopic (exact) mass is 439 g/mol. The minimum Gasteiger partial charge on any atom is -0.493 e. The number of rotatable bonds is 7. The van der Waals surface area contributed by atoms with Gasteiger partial charge in [0.15, 0.2) is 11.8 Å². The number of nitrogens with zero attached hydrogens (tertiary/aromatic N) is 5. The zero-order valence-electron chi connectivity index (χ0n) is 19.8. The fraction of sp³-hybridized carbons (Fsp3) is 0.625. The second-order valence-corrected chi connectivity index (χ2v) is 9.32. The summed E-state index contributed by atoms with van der Waals surface area (Å²) in [4.78, 5) is 7.51. The van der Waals surface area contributed by atoms with Crippen molar-refractivity contribution in [1.29, 1.82) is 0 Å². The van der Waals surface area contributed by atoms with Gasteiger partial charge in [-0.3, -0.25) is 4.90 Å². The van der Waals surface area contributed by atoms with Crippen LogP contribution in [0.4, 0.5) is 0 Å². The first-order chi connectivity index (χ1) is 15.5. The highest BCUT2D eigenvalue weighted by molar-refractivity contribution is 5.80. The van der Waals surface area contributed by atoms with Gasteiger partial charge in [-0.1, -0.05) is 32.0 Å². The molecule has 1 aromatic carbocycles. The van der Waals surface area contributed by atoms with Crippen LogP contribution in [0.2, 0.25) is 0 Å². The highest BCUT2D eigenvalue weighted by Gasteiger charge is 2.26. The Morgan fingerprint density at radius 1 is 1.25 bits per heavy atom. The van der Waals surface area contributed by atoms with Crippen molar-refractivity contribution >= 4 is 5.96 Å². The lowest BCUT2D eigenvalue weighted by Crippen LogP contribution is -2.47. The molecular weight excluding hydrogens is 402 g/mol. The van der Waals surface area contributed by atoms with Crippen molar-refractivity contribution in [1.82, 2.24) is 30.3 Å². The van der Waals surface area contributed by atoms with Crippen LogP contribution < -0.4 is 15.4 Å². The average molecular weight is 440 g/mol. The number of nitrogens with one attached hydrogen (secondary N) is 2. The van der Waals surface area contributed by atoms with Crippen LogP contribution in [0.25, 0.3) is 0 Å². The number of aryl methyl sites for hydroxylation is 1. The Labute approximate surface area is 191 Å². The third kappa shape index (κ3) is 5.41. The lowest BCUT2D eigenvalue weighted by Gasteiger charge is -2.30. The van der Waals surface area contributed by atoms with E-state index >= 15 is 0 Å². The number of fused-ring (bicyclic) bond motifs is 1. The van der Waals surface area contributed by atoms with Gasteiger partial charge in [-0.15, -0.1) is 10.2 Å². The smallest absolute Gasteiger partial charge is 0.192 e. The minimum atomic E-state index is 0.169. The highest BCUT2D eigenvalue weighted by atomic mass is 16.5. The fourth-order valence-electron chi connectivity index (χ4n) is 4.60. The predicted molar refractivity (Wildman–Crippen MR) is 127 cm³/mol. The average Bonchev–Trinajstić information content (AvgIpc) is 3.36. The second-order valence-electron chi connectivity index (χ2n) is 9.32. The number of ether oxygens (including phenoxy) is 1. The van der Waals surface area contributed by atoms with Crippen LogP contribution in [0.1, 0.15) is 56.4 Å². The Bertz CT molecular complexity index is 923. The summed E-state index contributed by atoms with van der Waals surface area (Å²) in [5, 5.41) is 15.7. The molecule has 0 spiro atoms. The van der Waals surface area contributed by atoms with Crippen LogP contribution in [-0.2, 0) is 13.6 Å². The van der Waals surface area contributed by atoms with E-state index in [1.807, 2.05) is 30.7 Å². The molecule has 2 aromatic rings. The Morgan fingerprint density at radius 2 is 2.09 bits per heavy atom. The number of hydrogen-bond acceptors (Lipinski definition) is 5. The molecule has 3 heterocycles. The molecule has 0 aliphatic carbocycles. The number of hydrogen-bond donors (Lipinski definition) is 2. The number of benzene rings is 1. The van der Waals surface area contributed by atoms with Gasteiger partial charge in [0, 0.05) is 38.2 Å². The first-order valence-electron chi connectivity index (χ1n) is 11.9. The summed E-state index contributed by atoms with van der Waals surface area (Å²) < 4.78 is 7.84. The van der Waals surface area contributed by atoms with E-state index in [-0.39, 0.29) is 6.04 Å². The van der Waals surface area contributed by atoms with Crippen molar-refractivity contribution in [3.05, 3.63) is 41.5 Å². The third-order valence-corrected chi connectivity index (χ3v) is 6.43. The van der Waals surface area contributed by atoms with Crippen molar-refractivity contribution in [3.8, 4) is 5.75 Å². The summed E-state index contributed by atoms with van der Waals surface area (Å²) in [6.07, 6.45) is 3.41. The largest absolute Gasteiger partial charge is 0.493 e. The van der Waals surface area contributed by atoms with Crippen LogP contribution in [0.15, 0.2) is 29.3 Å². The maximum absolute atomic E-state index is 5.85. The van der Waals surface area contributed by atoms with E-state index < -0.39 is 0 Å². The number of para-hydroxylation sites is 1. The Hall–Kier alpha value is -2.61. The summed E-state index contributed by atoms with van der Waals surface area (Å²) >= 11 is 0. The van der Waals surface area contributed by atoms with E-state index in [1.54, 1.807) is 0 Å². The van der Waals surface area contributed by atoms with Crippen molar-refractivity contribution < 1.29 is 4.74 Å². The second kappa shape index (κ2) is 10.3. The zero-order chi connectivity index (χ0) is 22.5. The van der Waals surface area contributed by atoms with Crippen LogP contribution >= 0.6 is 0 Å². The molecule has 0 bridgehead atoms. The lowest BCUT2D eigenvalue weighted by atomic mass is 10.0. The van der Waals surface area contributed by atoms with Crippen LogP contribution in [0, 0.1) is 12.8 Å². The van der Waals surface area contributed by atoms with E-state index in [2.05, 4.69) is 51.7 Å². The summed E-state index contributed by atoms with van der Waals surface area (Å²) in [7, 11) is 1.98. The van der Waals surface area contributed by atoms with Gasteiger partial charge in [-0.05, 0) is 38.3 Å². The van der Waals surface area contributed by atoms with Gasteiger partial charge in [-0.2, -0.15) is 0 Å². The molecule has 0 amide bonds. The van der Waals surface area contributed by atoms with Gasteiger partial charge in [0.2, 0.25) is 0 Å². The van der Waals surface area contributed by atoms with E-state index in [0.717, 1.165) is 42.9 Å². The molecule has 1 aromatic heterocycles. The topological polar surface area (TPSA) is 79.6 Å². The Kier molecular flexibility index (Phi) is 7.29. The molecule has 1 fully saturated rings. The third-order valence-electron chi connectivity index (χ3n) is 6.43. The van der Waals surface area contributed by atoms with E-state index in [0.29, 0.717) is 25.1 Å². The number of guanidine groups is 1. The van der Waals surface area contributed by atoms with Crippen LogP contribution in [0.3, 0.4) is 0 Å². The maximum atomic E-state index is 5.85. The van der Waals surface area contributed by atoms with E-state index in [1.165, 1.54) is 24.9 Å². The minimum absolute atomic E-state index is 0.169. The van der Waals surface area contributed by atoms with Crippen LogP contribution in [0.5, 0.6) is 5.75 Å². The van der Waals surface area contributed by atoms with Crippen LogP contribution in [-0.4, -0.2) is 57.9 Å². The molecule has 2 aliphatic rings. The summed E-state index contributed by atoms with van der Waals surface area (Å²) in [5.74, 6) is 4.21. The zero-order valence-corrected chi connectivity index (χ0v) is 19.8. The summed E-state index contributed by atoms with van der Waals surface area (Å²) in [5.41, 5.74) is 1.19. The lowest BCUT2D eigenvalue weighted by molar-refractivity contribution is 0.226. The van der Waals surface area contributed by atoms with Gasteiger partial charge in [0.25, 0.3) is 0 Å². The van der Waals surface area contributed by atoms with E-state index in [4.69, 9.17) is 9.73 Å². The maximum Gasteiger partial charge on any atom is 0.192 e. The number of aliphatic imine (C=N–C) groups is 1. The quantitative estimate of drug-likeness (QED) is 0.510. The van der Waals surface area contributed by atoms with Crippen molar-refractivity contribution in [2.45, 2.75) is 58.7 Å². The summed E-state index contributed by atoms with van der Waals surface area (Å²) in [6, 6.07) is 8.98. The molecule has 2 atom stereocenters. The molecule has 8 nitrogen and oxygen atoms in total. The standard InChI is InChI=1S/C24H37N7O/c1-17(2)16-31-12-7-8-19(31)14-25-24(26-15-23-29-28-18(3)30(23)4)27-21-11-13-32-22-10-6-5-9-20(21)22/h5-6,9-10,17,19,21H,7-8,11-16H2,1-4H3,(H2,25,26,27)/t19-,21?/m1/s1. The molecule has 1 unspecified atom stereocenters. The van der Waals surface area contributed by atoms with Crippen molar-refractivity contribution in [2.75, 3.05) is 26.2 Å². The Balaban J connectivity index is 1.48. The van der Waals surface area contributed by atoms with Gasteiger partial charge in [0.1, 0.15) is 18.1 Å². The normalized spacial score (nSPS) is 21.5. The molecule has 2 aliphatic heterocycles. The molecule has 0 saturated carbocycles. The molecule has 2 N–H and O–H groups in total. The van der Waals surface area contributed by atoms with Gasteiger partial charge < -0.3 is 19.9 Å². The first kappa shape index (κ1) is 22.6. The molecule has 1 saturated heterocycles. The molecule has 0 radical (unpaired) electrons. The molecule has 32 heavy (non-hydrogen) atoms. The fourth-order valence-corrected chi connectivity index (χ4v) is 4.60. The van der Waals surface area contributed by atoms with Crippen molar-refractivity contribution in [3.63, 3.8) is 0 Å². The van der Waals surface area contributed by atoms with Gasteiger partial charge >= 0.3 is 0 Å². The van der Waals surface area contributed by atoms with Gasteiger partial charge in [-0.25, -0.2) is 4.99 Å². The van der Waals surface area contributed by atoms with E-state index in [9.17, 15) is 0 Å². The molecular formula is C24H37N7O. The van der Waals surface area contributed by atoms with Gasteiger partial charge in [0.05, 0.1) is 12.6 Å². The molecule has 8 heteroatoms. The Morgan fingerprint density at radius 3 is 2.88 bits per heavy atom. The molecule has 174 valence electrons. The SMILES string of the molecule is Cc1nnc(CN=C(NC[C@H]2CCCN2CC(C)C)NC2CCOc3ccccc32)n1C. The number of likely N-dealkylation sites (tertiary alicyclic amines) is 1. The van der Waals surface area contributed by atoms with Crippen molar-refractivity contribution in [2.24, 2.45) is 18.0 Å².